The van der Waals surface area contributed by atoms with Gasteiger partial charge in [0.2, 0.25) is 5.91 Å². The van der Waals surface area contributed by atoms with Gasteiger partial charge in [-0.15, -0.1) is 0 Å². The first-order chi connectivity index (χ1) is 9.93. The van der Waals surface area contributed by atoms with Gasteiger partial charge in [0, 0.05) is 5.56 Å². The van der Waals surface area contributed by atoms with Crippen LogP contribution in [0.25, 0.3) is 0 Å². The van der Waals surface area contributed by atoms with Crippen molar-refractivity contribution >= 4 is 17.4 Å². The van der Waals surface area contributed by atoms with Gasteiger partial charge in [0.25, 0.3) is 0 Å². The van der Waals surface area contributed by atoms with E-state index in [-0.39, 0.29) is 11.7 Å². The van der Waals surface area contributed by atoms with Crippen molar-refractivity contribution in [1.82, 2.24) is 0 Å². The molecule has 0 atom stereocenters. The molecule has 2 aromatic rings. The summed E-state index contributed by atoms with van der Waals surface area (Å²) in [5.74, 6) is -0.203. The summed E-state index contributed by atoms with van der Waals surface area (Å²) in [6.45, 7) is 5.23. The van der Waals surface area contributed by atoms with Gasteiger partial charge in [0.15, 0.2) is 5.78 Å². The fourth-order valence-electron chi connectivity index (χ4n) is 2.16. The predicted molar refractivity (Wildman–Crippen MR) is 84.5 cm³/mol. The van der Waals surface area contributed by atoms with Crippen molar-refractivity contribution in [2.24, 2.45) is 0 Å². The van der Waals surface area contributed by atoms with Gasteiger partial charge in [-0.25, -0.2) is 0 Å². The van der Waals surface area contributed by atoms with Gasteiger partial charge >= 0.3 is 0 Å². The standard InChI is InChI=1S/C18H19NO2/c1-13(20)15-11-7-8-12-16(15)19-17(21)18(2,3)14-9-5-4-6-10-14/h4-12H,1-3H3,(H,19,21). The quantitative estimate of drug-likeness (QED) is 0.866. The Bertz CT molecular complexity index is 660. The summed E-state index contributed by atoms with van der Waals surface area (Å²) in [7, 11) is 0. The number of para-hydroxylation sites is 1. The first-order valence-electron chi connectivity index (χ1n) is 6.90. The van der Waals surface area contributed by atoms with Crippen LogP contribution in [0.1, 0.15) is 36.7 Å². The van der Waals surface area contributed by atoms with Gasteiger partial charge in [-0.3, -0.25) is 9.59 Å². The minimum Gasteiger partial charge on any atom is -0.325 e. The van der Waals surface area contributed by atoms with E-state index in [0.29, 0.717) is 11.3 Å². The molecular weight excluding hydrogens is 262 g/mol. The van der Waals surface area contributed by atoms with E-state index in [1.807, 2.05) is 44.2 Å². The van der Waals surface area contributed by atoms with E-state index in [9.17, 15) is 9.59 Å². The minimum atomic E-state index is -0.675. The highest BCUT2D eigenvalue weighted by atomic mass is 16.2. The van der Waals surface area contributed by atoms with Crippen molar-refractivity contribution in [2.45, 2.75) is 26.2 Å². The number of amides is 1. The fraction of sp³-hybridized carbons (Fsp3) is 0.222. The smallest absolute Gasteiger partial charge is 0.234 e. The molecule has 3 nitrogen and oxygen atoms in total. The van der Waals surface area contributed by atoms with Crippen LogP contribution >= 0.6 is 0 Å². The van der Waals surface area contributed by atoms with Crippen molar-refractivity contribution in [1.29, 1.82) is 0 Å². The molecule has 108 valence electrons. The van der Waals surface area contributed by atoms with Crippen molar-refractivity contribution < 1.29 is 9.59 Å². The topological polar surface area (TPSA) is 46.2 Å². The lowest BCUT2D eigenvalue weighted by Gasteiger charge is -2.24. The minimum absolute atomic E-state index is 0.0663. The molecule has 0 spiro atoms. The zero-order chi connectivity index (χ0) is 15.5. The maximum atomic E-state index is 12.6. The summed E-state index contributed by atoms with van der Waals surface area (Å²) in [5.41, 5.74) is 1.34. The Hall–Kier alpha value is -2.42. The van der Waals surface area contributed by atoms with Crippen molar-refractivity contribution in [3.63, 3.8) is 0 Å². The van der Waals surface area contributed by atoms with E-state index in [4.69, 9.17) is 0 Å². The SMILES string of the molecule is CC(=O)c1ccccc1NC(=O)C(C)(C)c1ccccc1. The largest absolute Gasteiger partial charge is 0.325 e. The molecule has 0 aliphatic carbocycles. The molecule has 1 amide bonds. The van der Waals surface area contributed by atoms with Crippen LogP contribution in [0.15, 0.2) is 54.6 Å². The Morgan fingerprint density at radius 2 is 1.48 bits per heavy atom. The molecule has 0 aliphatic rings. The second-order valence-corrected chi connectivity index (χ2v) is 5.55. The van der Waals surface area contributed by atoms with Gasteiger partial charge in [-0.05, 0) is 38.5 Å². The molecule has 0 heterocycles. The summed E-state index contributed by atoms with van der Waals surface area (Å²) in [5, 5.41) is 2.87. The van der Waals surface area contributed by atoms with Gasteiger partial charge in [-0.2, -0.15) is 0 Å². The Morgan fingerprint density at radius 1 is 0.905 bits per heavy atom. The molecule has 0 saturated heterocycles. The maximum absolute atomic E-state index is 12.6. The van der Waals surface area contributed by atoms with Crippen LogP contribution in [0, 0.1) is 0 Å². The molecule has 0 fully saturated rings. The number of nitrogens with one attached hydrogen (secondary N) is 1. The Kier molecular flexibility index (Phi) is 4.22. The van der Waals surface area contributed by atoms with Crippen LogP contribution in [-0.2, 0) is 10.2 Å². The Morgan fingerprint density at radius 3 is 2.10 bits per heavy atom. The van der Waals surface area contributed by atoms with Crippen LogP contribution in [0.4, 0.5) is 5.69 Å². The Balaban J connectivity index is 2.28. The average Bonchev–Trinajstić information content (AvgIpc) is 2.48. The van der Waals surface area contributed by atoms with Crippen molar-refractivity contribution in [3.8, 4) is 0 Å². The van der Waals surface area contributed by atoms with Gasteiger partial charge in [-0.1, -0.05) is 42.5 Å². The summed E-state index contributed by atoms with van der Waals surface area (Å²) in [4.78, 5) is 24.2. The summed E-state index contributed by atoms with van der Waals surface area (Å²) in [6, 6.07) is 16.6. The summed E-state index contributed by atoms with van der Waals surface area (Å²) < 4.78 is 0. The normalized spacial score (nSPS) is 11.0. The first-order valence-corrected chi connectivity index (χ1v) is 6.90. The van der Waals surface area contributed by atoms with Crippen LogP contribution in [0.2, 0.25) is 0 Å². The number of hydrogen-bond donors (Lipinski definition) is 1. The number of carbonyl (C=O) groups is 2. The number of hydrogen-bond acceptors (Lipinski definition) is 2. The van der Waals surface area contributed by atoms with E-state index >= 15 is 0 Å². The fourth-order valence-corrected chi connectivity index (χ4v) is 2.16. The predicted octanol–water partition coefficient (Wildman–Crippen LogP) is 3.81. The van der Waals surface area contributed by atoms with Gasteiger partial charge in [0.05, 0.1) is 11.1 Å². The molecule has 1 N–H and O–H groups in total. The second-order valence-electron chi connectivity index (χ2n) is 5.55. The van der Waals surface area contributed by atoms with Crippen LogP contribution in [0.3, 0.4) is 0 Å². The van der Waals surface area contributed by atoms with Gasteiger partial charge < -0.3 is 5.32 Å². The van der Waals surface area contributed by atoms with E-state index < -0.39 is 5.41 Å². The number of carbonyl (C=O) groups excluding carboxylic acids is 2. The Labute approximate surface area is 125 Å². The summed E-state index contributed by atoms with van der Waals surface area (Å²) >= 11 is 0. The van der Waals surface area contributed by atoms with Crippen LogP contribution in [-0.4, -0.2) is 11.7 Å². The number of Topliss-reactive ketones (excluding diaryl/α,β-unsaturated/α-hetero) is 1. The lowest BCUT2D eigenvalue weighted by Crippen LogP contribution is -2.35. The molecule has 2 rings (SSSR count). The molecule has 0 aliphatic heterocycles. The molecule has 3 heteroatoms. The number of anilines is 1. The number of rotatable bonds is 4. The molecule has 0 unspecified atom stereocenters. The van der Waals surface area contributed by atoms with E-state index in [1.54, 1.807) is 24.3 Å². The number of benzene rings is 2. The number of ketones is 1. The highest BCUT2D eigenvalue weighted by Crippen LogP contribution is 2.26. The van der Waals surface area contributed by atoms with E-state index in [2.05, 4.69) is 5.32 Å². The van der Waals surface area contributed by atoms with Crippen LogP contribution < -0.4 is 5.32 Å². The van der Waals surface area contributed by atoms with Crippen molar-refractivity contribution in [2.75, 3.05) is 5.32 Å². The molecule has 2 aromatic carbocycles. The highest BCUT2D eigenvalue weighted by molar-refractivity contribution is 6.06. The van der Waals surface area contributed by atoms with Crippen LogP contribution in [0.5, 0.6) is 0 Å². The lowest BCUT2D eigenvalue weighted by atomic mass is 9.83. The summed E-state index contributed by atoms with van der Waals surface area (Å²) in [6.07, 6.45) is 0. The third-order valence-corrected chi connectivity index (χ3v) is 3.62. The molecule has 0 bridgehead atoms. The zero-order valence-corrected chi connectivity index (χ0v) is 12.5. The third-order valence-electron chi connectivity index (χ3n) is 3.62. The van der Waals surface area contributed by atoms with Crippen molar-refractivity contribution in [3.05, 3.63) is 65.7 Å². The molecular formula is C18H19NO2. The highest BCUT2D eigenvalue weighted by Gasteiger charge is 2.30. The zero-order valence-electron chi connectivity index (χ0n) is 12.5. The lowest BCUT2D eigenvalue weighted by molar-refractivity contribution is -0.120. The second kappa shape index (κ2) is 5.92. The van der Waals surface area contributed by atoms with E-state index in [0.717, 1.165) is 5.56 Å². The molecule has 21 heavy (non-hydrogen) atoms. The third kappa shape index (κ3) is 3.19. The average molecular weight is 281 g/mol. The monoisotopic (exact) mass is 281 g/mol. The van der Waals surface area contributed by atoms with Gasteiger partial charge in [0.1, 0.15) is 0 Å². The molecule has 0 saturated carbocycles. The molecule has 0 radical (unpaired) electrons. The van der Waals surface area contributed by atoms with E-state index in [1.165, 1.54) is 6.92 Å². The maximum Gasteiger partial charge on any atom is 0.234 e. The first kappa shape index (κ1) is 15.0. The molecule has 0 aromatic heterocycles.